The average molecular weight is 177 g/mol. The van der Waals surface area contributed by atoms with Crippen LogP contribution in [0.3, 0.4) is 0 Å². The van der Waals surface area contributed by atoms with Crippen LogP contribution < -0.4 is 5.73 Å². The number of nitrogens with two attached hydrogens (primary N) is 1. The molecular weight excluding hydrogens is 162 g/mol. The Morgan fingerprint density at radius 2 is 2.31 bits per heavy atom. The minimum absolute atomic E-state index is 0.236. The fraction of sp³-hybridized carbons (Fsp3) is 0.400. The Morgan fingerprint density at radius 3 is 2.77 bits per heavy atom. The van der Waals surface area contributed by atoms with E-state index in [-0.39, 0.29) is 5.84 Å². The molecule has 0 unspecified atom stereocenters. The molecule has 0 fully saturated rings. The third-order valence-corrected chi connectivity index (χ3v) is 1.93. The Labute approximate surface area is 78.5 Å². The van der Waals surface area contributed by atoms with E-state index in [4.69, 9.17) is 11.1 Å². The summed E-state index contributed by atoms with van der Waals surface area (Å²) in [5.74, 6) is 0.236. The Morgan fingerprint density at radius 1 is 1.54 bits per heavy atom. The Balaban J connectivity index is 2.54. The SMILES string of the molecule is CCc1ccc(CCC(=N)N)cn1. The molecule has 0 aliphatic heterocycles. The van der Waals surface area contributed by atoms with E-state index in [1.807, 2.05) is 12.3 Å². The fourth-order valence-electron chi connectivity index (χ4n) is 1.09. The predicted octanol–water partition coefficient (Wildman–Crippen LogP) is 1.51. The van der Waals surface area contributed by atoms with Gasteiger partial charge in [-0.1, -0.05) is 13.0 Å². The molecule has 13 heavy (non-hydrogen) atoms. The fourth-order valence-corrected chi connectivity index (χ4v) is 1.09. The number of aryl methyl sites for hydroxylation is 2. The molecule has 0 saturated heterocycles. The van der Waals surface area contributed by atoms with Crippen LogP contribution in [0.2, 0.25) is 0 Å². The molecule has 0 amide bonds. The van der Waals surface area contributed by atoms with Gasteiger partial charge in [-0.2, -0.15) is 0 Å². The van der Waals surface area contributed by atoms with Crippen molar-refractivity contribution < 1.29 is 0 Å². The summed E-state index contributed by atoms with van der Waals surface area (Å²) in [5.41, 5.74) is 7.51. The van der Waals surface area contributed by atoms with Crippen LogP contribution in [0.1, 0.15) is 24.6 Å². The smallest absolute Gasteiger partial charge is 0.0908 e. The van der Waals surface area contributed by atoms with E-state index in [9.17, 15) is 0 Å². The van der Waals surface area contributed by atoms with Gasteiger partial charge in [0.25, 0.3) is 0 Å². The lowest BCUT2D eigenvalue weighted by atomic mass is 10.1. The number of amidine groups is 1. The van der Waals surface area contributed by atoms with Gasteiger partial charge in [-0.15, -0.1) is 0 Å². The van der Waals surface area contributed by atoms with Crippen molar-refractivity contribution in [1.82, 2.24) is 4.98 Å². The van der Waals surface area contributed by atoms with Crippen LogP contribution in [0.5, 0.6) is 0 Å². The predicted molar refractivity (Wildman–Crippen MR) is 53.9 cm³/mol. The molecule has 1 aromatic rings. The molecule has 1 rings (SSSR count). The summed E-state index contributed by atoms with van der Waals surface area (Å²) in [6.45, 7) is 2.08. The van der Waals surface area contributed by atoms with Gasteiger partial charge in [0, 0.05) is 18.3 Å². The van der Waals surface area contributed by atoms with Gasteiger partial charge >= 0.3 is 0 Å². The van der Waals surface area contributed by atoms with Gasteiger partial charge in [0.05, 0.1) is 5.84 Å². The lowest BCUT2D eigenvalue weighted by Gasteiger charge is -2.00. The third-order valence-electron chi connectivity index (χ3n) is 1.93. The number of rotatable bonds is 4. The van der Waals surface area contributed by atoms with Gasteiger partial charge in [-0.25, -0.2) is 0 Å². The van der Waals surface area contributed by atoms with E-state index in [2.05, 4.69) is 18.0 Å². The van der Waals surface area contributed by atoms with Crippen molar-refractivity contribution in [2.24, 2.45) is 5.73 Å². The van der Waals surface area contributed by atoms with Crippen LogP contribution in [0.15, 0.2) is 18.3 Å². The molecule has 70 valence electrons. The van der Waals surface area contributed by atoms with Crippen molar-refractivity contribution in [3.63, 3.8) is 0 Å². The van der Waals surface area contributed by atoms with Crippen molar-refractivity contribution in [3.8, 4) is 0 Å². The Hall–Kier alpha value is -1.38. The van der Waals surface area contributed by atoms with Crippen molar-refractivity contribution in [3.05, 3.63) is 29.6 Å². The number of hydrogen-bond acceptors (Lipinski definition) is 2. The van der Waals surface area contributed by atoms with Crippen LogP contribution in [0.4, 0.5) is 0 Å². The first-order valence-electron chi connectivity index (χ1n) is 4.49. The second-order valence-corrected chi connectivity index (χ2v) is 3.04. The standard InChI is InChI=1S/C10H15N3/c1-2-9-5-3-8(7-13-9)4-6-10(11)12/h3,5,7H,2,4,6H2,1H3,(H3,11,12). The molecule has 3 nitrogen and oxygen atoms in total. The highest BCUT2D eigenvalue weighted by Gasteiger charge is 1.95. The number of aromatic nitrogens is 1. The van der Waals surface area contributed by atoms with E-state index in [1.54, 1.807) is 0 Å². The maximum Gasteiger partial charge on any atom is 0.0908 e. The number of pyridine rings is 1. The summed E-state index contributed by atoms with van der Waals surface area (Å²) < 4.78 is 0. The maximum absolute atomic E-state index is 7.08. The normalized spacial score (nSPS) is 9.92. The van der Waals surface area contributed by atoms with E-state index < -0.39 is 0 Å². The van der Waals surface area contributed by atoms with Crippen molar-refractivity contribution in [2.45, 2.75) is 26.2 Å². The highest BCUT2D eigenvalue weighted by Crippen LogP contribution is 2.03. The second kappa shape index (κ2) is 4.60. The average Bonchev–Trinajstić information content (AvgIpc) is 2.15. The number of hydrogen-bond donors (Lipinski definition) is 2. The van der Waals surface area contributed by atoms with E-state index in [1.165, 1.54) is 0 Å². The van der Waals surface area contributed by atoms with Gasteiger partial charge in [0.2, 0.25) is 0 Å². The highest BCUT2D eigenvalue weighted by atomic mass is 14.7. The summed E-state index contributed by atoms with van der Waals surface area (Å²) in [6, 6.07) is 4.07. The van der Waals surface area contributed by atoms with Crippen LogP contribution in [0, 0.1) is 5.41 Å². The molecule has 0 aromatic carbocycles. The molecule has 1 aromatic heterocycles. The summed E-state index contributed by atoms with van der Waals surface area (Å²) in [6.07, 6.45) is 4.26. The number of nitrogens with zero attached hydrogens (tertiary/aromatic N) is 1. The summed E-state index contributed by atoms with van der Waals surface area (Å²) in [7, 11) is 0. The summed E-state index contributed by atoms with van der Waals surface area (Å²) in [4.78, 5) is 4.26. The Bertz CT molecular complexity index is 277. The monoisotopic (exact) mass is 177 g/mol. The molecule has 0 radical (unpaired) electrons. The quantitative estimate of drug-likeness (QED) is 0.541. The van der Waals surface area contributed by atoms with Crippen molar-refractivity contribution in [1.29, 1.82) is 5.41 Å². The van der Waals surface area contributed by atoms with Gasteiger partial charge in [-0.05, 0) is 24.5 Å². The zero-order valence-electron chi connectivity index (χ0n) is 7.88. The molecule has 0 aliphatic rings. The minimum atomic E-state index is 0.236. The molecule has 1 heterocycles. The van der Waals surface area contributed by atoms with Crippen LogP contribution in [-0.4, -0.2) is 10.8 Å². The Kier molecular flexibility index (Phi) is 3.43. The second-order valence-electron chi connectivity index (χ2n) is 3.04. The van der Waals surface area contributed by atoms with E-state index in [0.717, 1.165) is 24.1 Å². The summed E-state index contributed by atoms with van der Waals surface area (Å²) in [5, 5.41) is 7.08. The zero-order chi connectivity index (χ0) is 9.68. The molecule has 3 N–H and O–H groups in total. The molecule has 0 bridgehead atoms. The molecule has 0 aliphatic carbocycles. The van der Waals surface area contributed by atoms with E-state index >= 15 is 0 Å². The van der Waals surface area contributed by atoms with Gasteiger partial charge in [0.1, 0.15) is 0 Å². The third kappa shape index (κ3) is 3.23. The lowest BCUT2D eigenvalue weighted by Crippen LogP contribution is -2.10. The zero-order valence-corrected chi connectivity index (χ0v) is 7.88. The first-order chi connectivity index (χ1) is 6.22. The van der Waals surface area contributed by atoms with Gasteiger partial charge < -0.3 is 5.73 Å². The molecular formula is C10H15N3. The molecule has 0 spiro atoms. The van der Waals surface area contributed by atoms with Crippen LogP contribution in [-0.2, 0) is 12.8 Å². The van der Waals surface area contributed by atoms with E-state index in [0.29, 0.717) is 6.42 Å². The maximum atomic E-state index is 7.08. The summed E-state index contributed by atoms with van der Waals surface area (Å²) >= 11 is 0. The lowest BCUT2D eigenvalue weighted by molar-refractivity contribution is 0.970. The molecule has 0 atom stereocenters. The minimum Gasteiger partial charge on any atom is -0.388 e. The van der Waals surface area contributed by atoms with Gasteiger partial charge in [-0.3, -0.25) is 10.4 Å². The first-order valence-corrected chi connectivity index (χ1v) is 4.49. The number of nitrogens with one attached hydrogen (secondary N) is 1. The highest BCUT2D eigenvalue weighted by molar-refractivity contribution is 5.77. The van der Waals surface area contributed by atoms with Crippen molar-refractivity contribution >= 4 is 5.84 Å². The molecule has 3 heteroatoms. The largest absolute Gasteiger partial charge is 0.388 e. The van der Waals surface area contributed by atoms with Gasteiger partial charge in [0.15, 0.2) is 0 Å². The molecule has 0 saturated carbocycles. The topological polar surface area (TPSA) is 62.8 Å². The van der Waals surface area contributed by atoms with Crippen LogP contribution >= 0.6 is 0 Å². The first kappa shape index (κ1) is 9.71. The van der Waals surface area contributed by atoms with Crippen LogP contribution in [0.25, 0.3) is 0 Å². The van der Waals surface area contributed by atoms with Crippen molar-refractivity contribution in [2.75, 3.05) is 0 Å².